The summed E-state index contributed by atoms with van der Waals surface area (Å²) in [5.41, 5.74) is 12.7. The summed E-state index contributed by atoms with van der Waals surface area (Å²) in [6.07, 6.45) is 0. The van der Waals surface area contributed by atoms with E-state index in [0.717, 1.165) is 0 Å². The second-order valence-electron chi connectivity index (χ2n) is 13.0. The van der Waals surface area contributed by atoms with E-state index < -0.39 is 0 Å². The zero-order valence-electron chi connectivity index (χ0n) is 27.2. The van der Waals surface area contributed by atoms with E-state index in [-0.39, 0.29) is 0 Å². The first-order chi connectivity index (χ1) is 23.7. The topological polar surface area (TPSA) is 0 Å². The molecule has 0 nitrogen and oxygen atoms in total. The first kappa shape index (κ1) is 28.3. The van der Waals surface area contributed by atoms with Crippen LogP contribution in [0.25, 0.3) is 87.6 Å². The highest BCUT2D eigenvalue weighted by molar-refractivity contribution is 6.24. The Hall–Kier alpha value is -5.98. The fourth-order valence-corrected chi connectivity index (χ4v) is 7.86. The molecule has 0 heteroatoms. The highest BCUT2D eigenvalue weighted by Gasteiger charge is 2.20. The maximum atomic E-state index is 2.47. The van der Waals surface area contributed by atoms with Crippen molar-refractivity contribution in [3.8, 4) is 44.5 Å². The summed E-state index contributed by atoms with van der Waals surface area (Å²) in [6, 6.07) is 62.7. The van der Waals surface area contributed by atoms with E-state index >= 15 is 0 Å². The van der Waals surface area contributed by atoms with E-state index in [2.05, 4.69) is 184 Å². The molecule has 226 valence electrons. The van der Waals surface area contributed by atoms with Crippen LogP contribution in [-0.2, 0) is 0 Å². The van der Waals surface area contributed by atoms with Crippen LogP contribution in [0.15, 0.2) is 170 Å². The Balaban J connectivity index is 1.42. The molecule has 0 N–H and O–H groups in total. The van der Waals surface area contributed by atoms with E-state index in [1.807, 2.05) is 0 Å². The molecule has 0 saturated heterocycles. The van der Waals surface area contributed by atoms with Crippen LogP contribution in [-0.4, -0.2) is 0 Å². The molecule has 9 aromatic carbocycles. The van der Waals surface area contributed by atoms with Crippen LogP contribution in [0.1, 0.15) is 11.1 Å². The predicted octanol–water partition coefficient (Wildman–Crippen LogP) is 13.6. The molecule has 9 rings (SSSR count). The summed E-state index contributed by atoms with van der Waals surface area (Å²) in [5.74, 6) is 0. The summed E-state index contributed by atoms with van der Waals surface area (Å²) in [6.45, 7) is 4.49. The monoisotopic (exact) mass is 610 g/mol. The van der Waals surface area contributed by atoms with Crippen LogP contribution in [0, 0.1) is 13.8 Å². The number of rotatable bonds is 4. The van der Waals surface area contributed by atoms with Crippen molar-refractivity contribution in [1.82, 2.24) is 0 Å². The molecule has 0 unspecified atom stereocenters. The second kappa shape index (κ2) is 11.4. The van der Waals surface area contributed by atoms with Gasteiger partial charge < -0.3 is 0 Å². The van der Waals surface area contributed by atoms with Gasteiger partial charge in [0.1, 0.15) is 0 Å². The molecule has 48 heavy (non-hydrogen) atoms. The van der Waals surface area contributed by atoms with Crippen molar-refractivity contribution < 1.29 is 0 Å². The fraction of sp³-hybridized carbons (Fsp3) is 0.0417. The third kappa shape index (κ3) is 4.53. The van der Waals surface area contributed by atoms with Crippen molar-refractivity contribution in [2.75, 3.05) is 0 Å². The SMILES string of the molecule is Cc1ccccc1-c1cc2c(-c3cccc(-c4cccc5ccccc45)c3)c3ccccc3c(-c3cccc4ccccc34)c2cc1C. The largest absolute Gasteiger partial charge is 0.0620 e. The van der Waals surface area contributed by atoms with Crippen LogP contribution in [0.5, 0.6) is 0 Å². The molecule has 0 aliphatic heterocycles. The Morgan fingerprint density at radius 1 is 0.271 bits per heavy atom. The van der Waals surface area contributed by atoms with Crippen molar-refractivity contribution in [2.45, 2.75) is 13.8 Å². The molecule has 0 radical (unpaired) electrons. The van der Waals surface area contributed by atoms with Crippen LogP contribution in [0.2, 0.25) is 0 Å². The molecule has 0 saturated carbocycles. The molecule has 0 aliphatic carbocycles. The first-order valence-electron chi connectivity index (χ1n) is 16.8. The van der Waals surface area contributed by atoms with Gasteiger partial charge in [0.05, 0.1) is 0 Å². The van der Waals surface area contributed by atoms with Gasteiger partial charge in [-0.2, -0.15) is 0 Å². The summed E-state index contributed by atoms with van der Waals surface area (Å²) in [5, 5.41) is 10.2. The van der Waals surface area contributed by atoms with Gasteiger partial charge in [0.15, 0.2) is 0 Å². The standard InChI is InChI=1S/C48H34/c1-31-14-3-6-21-37(31)44-30-46-45(28-32(44)2)48(41-27-13-18-34-16-5-8-23-39(34)41)43-25-10-9-24-42(43)47(46)36-20-11-19-35(29-36)40-26-12-17-33-15-4-7-22-38(33)40/h3-30H,1-2H3. The highest BCUT2D eigenvalue weighted by atomic mass is 14.2. The Bertz CT molecular complexity index is 2680. The smallest absolute Gasteiger partial charge is 0.00200 e. The van der Waals surface area contributed by atoms with Crippen LogP contribution in [0.3, 0.4) is 0 Å². The molecular weight excluding hydrogens is 577 g/mol. The molecule has 0 aliphatic rings. The summed E-state index contributed by atoms with van der Waals surface area (Å²) in [7, 11) is 0. The molecule has 0 aromatic heterocycles. The van der Waals surface area contributed by atoms with Gasteiger partial charge in [0, 0.05) is 0 Å². The fourth-order valence-electron chi connectivity index (χ4n) is 7.86. The summed E-state index contributed by atoms with van der Waals surface area (Å²) in [4.78, 5) is 0. The van der Waals surface area contributed by atoms with E-state index in [4.69, 9.17) is 0 Å². The van der Waals surface area contributed by atoms with E-state index in [1.165, 1.54) is 98.7 Å². The Morgan fingerprint density at radius 2 is 0.771 bits per heavy atom. The van der Waals surface area contributed by atoms with Gasteiger partial charge in [-0.05, 0) is 125 Å². The van der Waals surface area contributed by atoms with E-state index in [1.54, 1.807) is 0 Å². The third-order valence-electron chi connectivity index (χ3n) is 10.1. The Labute approximate surface area is 281 Å². The molecular formula is C48H34. The maximum absolute atomic E-state index is 2.47. The number of benzene rings is 9. The summed E-state index contributed by atoms with van der Waals surface area (Å²) >= 11 is 0. The predicted molar refractivity (Wildman–Crippen MR) is 208 cm³/mol. The summed E-state index contributed by atoms with van der Waals surface area (Å²) < 4.78 is 0. The average Bonchev–Trinajstić information content (AvgIpc) is 3.13. The van der Waals surface area contributed by atoms with Gasteiger partial charge in [0.25, 0.3) is 0 Å². The van der Waals surface area contributed by atoms with Crippen LogP contribution in [0.4, 0.5) is 0 Å². The van der Waals surface area contributed by atoms with Gasteiger partial charge in [-0.25, -0.2) is 0 Å². The lowest BCUT2D eigenvalue weighted by Crippen LogP contribution is -1.95. The van der Waals surface area contributed by atoms with E-state index in [0.29, 0.717) is 0 Å². The maximum Gasteiger partial charge on any atom is -0.00200 e. The second-order valence-corrected chi connectivity index (χ2v) is 13.0. The van der Waals surface area contributed by atoms with Gasteiger partial charge >= 0.3 is 0 Å². The lowest BCUT2D eigenvalue weighted by molar-refractivity contribution is 1.42. The number of aryl methyl sites for hydroxylation is 2. The van der Waals surface area contributed by atoms with Crippen molar-refractivity contribution >= 4 is 43.1 Å². The first-order valence-corrected chi connectivity index (χ1v) is 16.8. The zero-order valence-corrected chi connectivity index (χ0v) is 27.2. The van der Waals surface area contributed by atoms with Gasteiger partial charge in [-0.15, -0.1) is 0 Å². The molecule has 0 spiro atoms. The minimum atomic E-state index is 1.23. The number of fused-ring (bicyclic) bond motifs is 4. The average molecular weight is 611 g/mol. The molecule has 0 amide bonds. The van der Waals surface area contributed by atoms with Crippen molar-refractivity contribution in [3.63, 3.8) is 0 Å². The van der Waals surface area contributed by atoms with Crippen molar-refractivity contribution in [1.29, 1.82) is 0 Å². The van der Waals surface area contributed by atoms with Crippen molar-refractivity contribution in [3.05, 3.63) is 181 Å². The highest BCUT2D eigenvalue weighted by Crippen LogP contribution is 2.47. The quantitative estimate of drug-likeness (QED) is 0.174. The molecule has 0 heterocycles. The third-order valence-corrected chi connectivity index (χ3v) is 10.1. The van der Waals surface area contributed by atoms with Crippen LogP contribution >= 0.6 is 0 Å². The lowest BCUT2D eigenvalue weighted by Gasteiger charge is -2.21. The van der Waals surface area contributed by atoms with Gasteiger partial charge in [0.2, 0.25) is 0 Å². The lowest BCUT2D eigenvalue weighted by atomic mass is 9.82. The number of hydrogen-bond donors (Lipinski definition) is 0. The minimum Gasteiger partial charge on any atom is -0.0620 e. The van der Waals surface area contributed by atoms with Gasteiger partial charge in [-0.1, -0.05) is 158 Å². The Morgan fingerprint density at radius 3 is 1.50 bits per heavy atom. The molecule has 0 atom stereocenters. The van der Waals surface area contributed by atoms with Crippen LogP contribution < -0.4 is 0 Å². The Kier molecular flexibility index (Phi) is 6.69. The minimum absolute atomic E-state index is 1.23. The number of hydrogen-bond acceptors (Lipinski definition) is 0. The van der Waals surface area contributed by atoms with E-state index in [9.17, 15) is 0 Å². The molecule has 0 fully saturated rings. The zero-order chi connectivity index (χ0) is 32.2. The molecule has 9 aromatic rings. The van der Waals surface area contributed by atoms with Crippen molar-refractivity contribution in [2.24, 2.45) is 0 Å². The molecule has 0 bridgehead atoms. The van der Waals surface area contributed by atoms with Gasteiger partial charge in [-0.3, -0.25) is 0 Å². The normalized spacial score (nSPS) is 11.5.